The van der Waals surface area contributed by atoms with Gasteiger partial charge in [0.1, 0.15) is 0 Å². The van der Waals surface area contributed by atoms with Gasteiger partial charge in [-0.15, -0.1) is 6.58 Å². The Balaban J connectivity index is 4.38. The van der Waals surface area contributed by atoms with Gasteiger partial charge in [-0.2, -0.15) is 0 Å². The molecule has 3 nitrogen and oxygen atoms in total. The molecule has 0 saturated heterocycles. The third kappa shape index (κ3) is 2.13. The second-order valence-electron chi connectivity index (χ2n) is 2.34. The summed E-state index contributed by atoms with van der Waals surface area (Å²) < 4.78 is 10.6. The van der Waals surface area contributed by atoms with Gasteiger partial charge in [0.2, 0.25) is 0 Å². The maximum atomic E-state index is 5.78. The van der Waals surface area contributed by atoms with E-state index in [-0.39, 0.29) is 5.67 Å². The maximum absolute atomic E-state index is 5.78. The summed E-state index contributed by atoms with van der Waals surface area (Å²) in [6, 6.07) is 0.840. The Morgan fingerprint density at radius 1 is 1.55 bits per heavy atom. The number of hydrogen-bond acceptors (Lipinski definition) is 3. The lowest BCUT2D eigenvalue weighted by atomic mass is 10.6. The Morgan fingerprint density at radius 2 is 2.00 bits per heavy atom. The molecule has 0 fully saturated rings. The van der Waals surface area contributed by atoms with Gasteiger partial charge in [0.05, 0.1) is 5.67 Å². The Labute approximate surface area is 69.4 Å². The number of nitrogens with two attached hydrogens (primary N) is 1. The van der Waals surface area contributed by atoms with E-state index >= 15 is 0 Å². The highest BCUT2D eigenvalue weighted by molar-refractivity contribution is 6.69. The standard InChI is InChI=1S/C7H17NO2Si/c1-5-7(8)11(6-2,9-3)10-4/h5,7H,1,6,8H2,2-4H3. The zero-order chi connectivity index (χ0) is 8.91. The zero-order valence-corrected chi connectivity index (χ0v) is 8.46. The molecule has 66 valence electrons. The molecule has 0 amide bonds. The summed E-state index contributed by atoms with van der Waals surface area (Å²) >= 11 is 0. The van der Waals surface area contributed by atoms with Crippen LogP contribution in [-0.4, -0.2) is 28.4 Å². The fourth-order valence-corrected chi connectivity index (χ4v) is 3.18. The molecule has 0 spiro atoms. The van der Waals surface area contributed by atoms with E-state index in [0.29, 0.717) is 0 Å². The van der Waals surface area contributed by atoms with Gasteiger partial charge in [-0.1, -0.05) is 13.0 Å². The summed E-state index contributed by atoms with van der Waals surface area (Å²) in [6.45, 7) is 5.64. The fraction of sp³-hybridized carbons (Fsp3) is 0.714. The molecule has 4 heteroatoms. The van der Waals surface area contributed by atoms with Crippen LogP contribution in [0.3, 0.4) is 0 Å². The third-order valence-corrected chi connectivity index (χ3v) is 5.56. The first kappa shape index (κ1) is 10.8. The van der Waals surface area contributed by atoms with Crippen molar-refractivity contribution in [1.29, 1.82) is 0 Å². The predicted molar refractivity (Wildman–Crippen MR) is 48.4 cm³/mol. The lowest BCUT2D eigenvalue weighted by Gasteiger charge is -2.29. The van der Waals surface area contributed by atoms with Crippen LogP contribution in [0.25, 0.3) is 0 Å². The molecule has 11 heavy (non-hydrogen) atoms. The molecule has 0 heterocycles. The minimum absolute atomic E-state index is 0.150. The SMILES string of the molecule is C=CC(N)[Si](CC)(OC)OC. The van der Waals surface area contributed by atoms with E-state index < -0.39 is 8.56 Å². The van der Waals surface area contributed by atoms with Gasteiger partial charge in [-0.05, 0) is 6.04 Å². The predicted octanol–water partition coefficient (Wildman–Crippen LogP) is 0.794. The van der Waals surface area contributed by atoms with E-state index in [4.69, 9.17) is 14.6 Å². The van der Waals surface area contributed by atoms with E-state index in [1.807, 2.05) is 6.92 Å². The van der Waals surface area contributed by atoms with Crippen molar-refractivity contribution in [1.82, 2.24) is 0 Å². The summed E-state index contributed by atoms with van der Waals surface area (Å²) in [6.07, 6.45) is 1.68. The molecule has 0 aromatic rings. The van der Waals surface area contributed by atoms with Crippen LogP contribution in [-0.2, 0) is 8.85 Å². The number of hydrogen-bond donors (Lipinski definition) is 1. The van der Waals surface area contributed by atoms with Crippen molar-refractivity contribution in [3.05, 3.63) is 12.7 Å². The largest absolute Gasteiger partial charge is 0.397 e. The zero-order valence-electron chi connectivity index (χ0n) is 7.46. The van der Waals surface area contributed by atoms with Crippen molar-refractivity contribution in [2.24, 2.45) is 5.73 Å². The molecule has 0 rings (SSSR count). The van der Waals surface area contributed by atoms with Gasteiger partial charge in [0.25, 0.3) is 0 Å². The van der Waals surface area contributed by atoms with E-state index in [1.165, 1.54) is 0 Å². The van der Waals surface area contributed by atoms with Gasteiger partial charge < -0.3 is 14.6 Å². The van der Waals surface area contributed by atoms with Crippen LogP contribution < -0.4 is 5.73 Å². The molecule has 2 N–H and O–H groups in total. The Kier molecular flexibility index (Phi) is 4.59. The van der Waals surface area contributed by atoms with Crippen LogP contribution >= 0.6 is 0 Å². The smallest absolute Gasteiger partial charge is 0.358 e. The monoisotopic (exact) mass is 175 g/mol. The molecule has 0 bridgehead atoms. The minimum atomic E-state index is -2.16. The molecule has 0 aliphatic heterocycles. The molecule has 0 aliphatic carbocycles. The van der Waals surface area contributed by atoms with Crippen molar-refractivity contribution in [3.63, 3.8) is 0 Å². The molecule has 0 aromatic heterocycles. The quantitative estimate of drug-likeness (QED) is 0.496. The van der Waals surface area contributed by atoms with Crippen molar-refractivity contribution in [2.75, 3.05) is 14.2 Å². The second kappa shape index (κ2) is 4.66. The van der Waals surface area contributed by atoms with E-state index in [2.05, 4.69) is 6.58 Å². The van der Waals surface area contributed by atoms with E-state index in [1.54, 1.807) is 20.3 Å². The van der Waals surface area contributed by atoms with Crippen molar-refractivity contribution < 1.29 is 8.85 Å². The molecule has 0 saturated carbocycles. The third-order valence-electron chi connectivity index (χ3n) is 1.95. The van der Waals surface area contributed by atoms with Crippen molar-refractivity contribution in [2.45, 2.75) is 18.6 Å². The Bertz CT molecular complexity index is 117. The molecule has 0 radical (unpaired) electrons. The molecular weight excluding hydrogens is 158 g/mol. The highest BCUT2D eigenvalue weighted by Gasteiger charge is 2.38. The molecule has 1 atom stereocenters. The topological polar surface area (TPSA) is 44.5 Å². The normalized spacial score (nSPS) is 14.5. The van der Waals surface area contributed by atoms with Gasteiger partial charge in [-0.3, -0.25) is 0 Å². The molecule has 0 aromatic carbocycles. The second-order valence-corrected chi connectivity index (χ2v) is 6.15. The summed E-state index contributed by atoms with van der Waals surface area (Å²) in [5.74, 6) is 0. The first-order chi connectivity index (χ1) is 5.16. The highest BCUT2D eigenvalue weighted by Crippen LogP contribution is 2.14. The average Bonchev–Trinajstić information content (AvgIpc) is 2.08. The maximum Gasteiger partial charge on any atom is 0.358 e. The minimum Gasteiger partial charge on any atom is -0.397 e. The first-order valence-electron chi connectivity index (χ1n) is 3.65. The van der Waals surface area contributed by atoms with Gasteiger partial charge in [0.15, 0.2) is 0 Å². The highest BCUT2D eigenvalue weighted by atomic mass is 28.4. The van der Waals surface area contributed by atoms with Gasteiger partial charge in [-0.25, -0.2) is 0 Å². The average molecular weight is 175 g/mol. The lowest BCUT2D eigenvalue weighted by Crippen LogP contribution is -2.55. The first-order valence-corrected chi connectivity index (χ1v) is 5.75. The molecular formula is C7H17NO2Si. The molecule has 0 aliphatic rings. The van der Waals surface area contributed by atoms with Crippen LogP contribution in [0.2, 0.25) is 6.04 Å². The summed E-state index contributed by atoms with van der Waals surface area (Å²) in [5, 5.41) is 0. The van der Waals surface area contributed by atoms with Gasteiger partial charge in [0, 0.05) is 14.2 Å². The fourth-order valence-electron chi connectivity index (χ4n) is 1.06. The van der Waals surface area contributed by atoms with E-state index in [9.17, 15) is 0 Å². The summed E-state index contributed by atoms with van der Waals surface area (Å²) in [7, 11) is 1.12. The number of rotatable bonds is 5. The summed E-state index contributed by atoms with van der Waals surface area (Å²) in [4.78, 5) is 0. The van der Waals surface area contributed by atoms with Gasteiger partial charge >= 0.3 is 8.56 Å². The van der Waals surface area contributed by atoms with Crippen LogP contribution in [0.15, 0.2) is 12.7 Å². The Morgan fingerprint density at radius 3 is 2.09 bits per heavy atom. The van der Waals surface area contributed by atoms with Crippen LogP contribution in [0.5, 0.6) is 0 Å². The van der Waals surface area contributed by atoms with Crippen molar-refractivity contribution >= 4 is 8.56 Å². The van der Waals surface area contributed by atoms with Crippen LogP contribution in [0.4, 0.5) is 0 Å². The van der Waals surface area contributed by atoms with Crippen molar-refractivity contribution in [3.8, 4) is 0 Å². The lowest BCUT2D eigenvalue weighted by molar-refractivity contribution is 0.237. The van der Waals surface area contributed by atoms with Crippen LogP contribution in [0, 0.1) is 0 Å². The van der Waals surface area contributed by atoms with E-state index in [0.717, 1.165) is 6.04 Å². The molecule has 1 unspecified atom stereocenters. The Hall–Kier alpha value is -0.163. The summed E-state index contributed by atoms with van der Waals surface area (Å²) in [5.41, 5.74) is 5.63. The van der Waals surface area contributed by atoms with Crippen LogP contribution in [0.1, 0.15) is 6.92 Å².